The van der Waals surface area contributed by atoms with Crippen LogP contribution in [0.2, 0.25) is 0 Å². The lowest BCUT2D eigenvalue weighted by Crippen LogP contribution is -2.56. The van der Waals surface area contributed by atoms with Gasteiger partial charge in [-0.2, -0.15) is 0 Å². The van der Waals surface area contributed by atoms with Gasteiger partial charge in [0.05, 0.1) is 44.1 Å². The number of hydrogen-bond acceptors (Lipinski definition) is 8. The first-order valence-corrected chi connectivity index (χ1v) is 16.6. The van der Waals surface area contributed by atoms with Crippen molar-refractivity contribution in [3.05, 3.63) is 58.3 Å². The summed E-state index contributed by atoms with van der Waals surface area (Å²) in [6.45, 7) is 17.7. The molecule has 8 rings (SSSR count). The average molecular weight is 599 g/mol. The third-order valence-electron chi connectivity index (χ3n) is 11.1. The van der Waals surface area contributed by atoms with Crippen LogP contribution in [0.1, 0.15) is 53.0 Å². The highest BCUT2D eigenvalue weighted by Crippen LogP contribution is 2.46. The number of benzene rings is 2. The average Bonchev–Trinajstić information content (AvgIpc) is 3.35. The number of anilines is 2. The number of aromatic nitrogens is 1. The van der Waals surface area contributed by atoms with Gasteiger partial charge >= 0.3 is 0 Å². The highest BCUT2D eigenvalue weighted by Gasteiger charge is 2.41. The maximum atomic E-state index is 14.3. The topological polar surface area (TPSA) is 90.3 Å². The maximum Gasteiger partial charge on any atom is 0.195 e. The number of rotatable bonds is 7. The van der Waals surface area contributed by atoms with Crippen LogP contribution in [0.15, 0.2) is 30.3 Å². The Balaban J connectivity index is 1.08. The molecule has 3 aromatic rings. The molecule has 9 heteroatoms. The molecule has 0 bridgehead atoms. The molecule has 0 radical (unpaired) electrons. The predicted octanol–water partition coefficient (Wildman–Crippen LogP) is 3.09. The molecule has 0 spiro atoms. The maximum absolute atomic E-state index is 14.3. The number of nitrogen functional groups attached to an aromatic ring is 1. The van der Waals surface area contributed by atoms with Crippen molar-refractivity contribution in [2.75, 3.05) is 96.0 Å². The number of nitrogens with one attached hydrogen (secondary N) is 1. The zero-order chi connectivity index (χ0) is 30.0. The van der Waals surface area contributed by atoms with Crippen LogP contribution in [0, 0.1) is 0 Å². The molecule has 0 atom stereocenters. The van der Waals surface area contributed by atoms with Crippen LogP contribution < -0.4 is 10.6 Å². The number of H-pyrrole nitrogens is 1. The van der Waals surface area contributed by atoms with Gasteiger partial charge in [0.25, 0.3) is 0 Å². The first kappa shape index (κ1) is 28.5. The minimum Gasteiger partial charge on any atom is -0.399 e. The zero-order valence-electron chi connectivity index (χ0n) is 26.2. The molecule has 5 aliphatic rings. The first-order valence-electron chi connectivity index (χ1n) is 16.6. The molecule has 2 aromatic carbocycles. The molecule has 4 fully saturated rings. The molecule has 1 aromatic heterocycles. The van der Waals surface area contributed by atoms with E-state index in [4.69, 9.17) is 15.2 Å². The van der Waals surface area contributed by atoms with Crippen LogP contribution in [0.3, 0.4) is 0 Å². The van der Waals surface area contributed by atoms with Crippen molar-refractivity contribution in [1.82, 2.24) is 19.7 Å². The molecule has 0 amide bonds. The summed E-state index contributed by atoms with van der Waals surface area (Å²) in [6, 6.07) is 11.7. The summed E-state index contributed by atoms with van der Waals surface area (Å²) in [6.07, 6.45) is 2.06. The number of carbonyl (C=O) groups is 1. The quantitative estimate of drug-likeness (QED) is 0.401. The summed E-state index contributed by atoms with van der Waals surface area (Å²) < 4.78 is 10.9. The van der Waals surface area contributed by atoms with Gasteiger partial charge < -0.3 is 30.0 Å². The monoisotopic (exact) mass is 598 g/mol. The Hall–Kier alpha value is -2.95. The van der Waals surface area contributed by atoms with E-state index in [-0.39, 0.29) is 11.2 Å². The number of hydrogen-bond donors (Lipinski definition) is 2. The van der Waals surface area contributed by atoms with E-state index in [2.05, 4.69) is 50.6 Å². The predicted molar refractivity (Wildman–Crippen MR) is 174 cm³/mol. The Kier molecular flexibility index (Phi) is 7.22. The third kappa shape index (κ3) is 4.84. The number of ketones is 1. The van der Waals surface area contributed by atoms with Crippen molar-refractivity contribution in [2.24, 2.45) is 0 Å². The fourth-order valence-electron chi connectivity index (χ4n) is 8.06. The molecule has 3 N–H and O–H groups in total. The standard InChI is InChI=1S/C35H46N6O3/c1-35(2)29-18-31(41-14-12-40(13-15-41)26-21-44-22-26)23(4-3-7-38-8-10-39(11-9-38)25-19-43-20-25)16-28(29)33(42)32-27-6-5-24(36)17-30(27)37-34(32)35/h5-6,16-18,25-26,37H,3-4,7-15,19-22,36H2,1-2H3. The van der Waals surface area contributed by atoms with Crippen molar-refractivity contribution >= 4 is 28.1 Å². The molecule has 0 saturated carbocycles. The van der Waals surface area contributed by atoms with E-state index in [1.807, 2.05) is 18.2 Å². The lowest BCUT2D eigenvalue weighted by molar-refractivity contribution is -0.0768. The Morgan fingerprint density at radius 1 is 0.886 bits per heavy atom. The van der Waals surface area contributed by atoms with Gasteiger partial charge in [-0.15, -0.1) is 0 Å². The summed E-state index contributed by atoms with van der Waals surface area (Å²) in [5, 5.41) is 0.965. The van der Waals surface area contributed by atoms with Gasteiger partial charge in [-0.1, -0.05) is 19.9 Å². The molecule has 234 valence electrons. The van der Waals surface area contributed by atoms with E-state index in [0.717, 1.165) is 131 Å². The van der Waals surface area contributed by atoms with Gasteiger partial charge in [-0.3, -0.25) is 14.6 Å². The molecular weight excluding hydrogens is 552 g/mol. The van der Waals surface area contributed by atoms with Crippen molar-refractivity contribution in [1.29, 1.82) is 0 Å². The Morgan fingerprint density at radius 3 is 2.18 bits per heavy atom. The zero-order valence-corrected chi connectivity index (χ0v) is 26.2. The van der Waals surface area contributed by atoms with Gasteiger partial charge in [-0.25, -0.2) is 0 Å². The van der Waals surface area contributed by atoms with Crippen LogP contribution in [0.4, 0.5) is 11.4 Å². The lowest BCUT2D eigenvalue weighted by Gasteiger charge is -2.44. The van der Waals surface area contributed by atoms with Crippen molar-refractivity contribution < 1.29 is 14.3 Å². The number of carbonyl (C=O) groups excluding carboxylic acids is 1. The number of aromatic amines is 1. The molecular formula is C35H46N6O3. The van der Waals surface area contributed by atoms with E-state index in [9.17, 15) is 4.79 Å². The first-order chi connectivity index (χ1) is 21.4. The number of piperazine rings is 2. The minimum absolute atomic E-state index is 0.129. The second kappa shape index (κ2) is 11.1. The van der Waals surface area contributed by atoms with E-state index >= 15 is 0 Å². The van der Waals surface area contributed by atoms with Gasteiger partial charge in [0.1, 0.15) is 0 Å². The van der Waals surface area contributed by atoms with Gasteiger partial charge in [0.15, 0.2) is 5.78 Å². The normalized spacial score (nSPS) is 23.4. The molecule has 9 nitrogen and oxygen atoms in total. The molecule has 1 aliphatic carbocycles. The van der Waals surface area contributed by atoms with Crippen LogP contribution in [0.5, 0.6) is 0 Å². The molecule has 4 aliphatic heterocycles. The fourth-order valence-corrected chi connectivity index (χ4v) is 8.06. The number of nitrogens with zero attached hydrogens (tertiary/aromatic N) is 4. The summed E-state index contributed by atoms with van der Waals surface area (Å²) in [5.74, 6) is 0.129. The van der Waals surface area contributed by atoms with E-state index in [1.54, 1.807) is 0 Å². The Bertz CT molecular complexity index is 1560. The number of fused-ring (bicyclic) bond motifs is 4. The minimum atomic E-state index is -0.337. The summed E-state index contributed by atoms with van der Waals surface area (Å²) in [5.41, 5.74) is 13.8. The lowest BCUT2D eigenvalue weighted by atomic mass is 9.70. The molecule has 0 unspecified atom stereocenters. The largest absolute Gasteiger partial charge is 0.399 e. The summed E-state index contributed by atoms with van der Waals surface area (Å²) >= 11 is 0. The van der Waals surface area contributed by atoms with Crippen LogP contribution >= 0.6 is 0 Å². The Morgan fingerprint density at radius 2 is 1.55 bits per heavy atom. The number of ether oxygens (including phenoxy) is 2. The van der Waals surface area contributed by atoms with Crippen LogP contribution in [0.25, 0.3) is 10.9 Å². The van der Waals surface area contributed by atoms with Crippen molar-refractivity contribution in [2.45, 2.75) is 44.2 Å². The van der Waals surface area contributed by atoms with Gasteiger partial charge in [-0.05, 0) is 54.8 Å². The smallest absolute Gasteiger partial charge is 0.195 e. The molecule has 44 heavy (non-hydrogen) atoms. The SMILES string of the molecule is CC1(C)c2cc(N3CCN(C4COC4)CC3)c(CCCN3CCN(C4COC4)CC3)cc2C(=O)c2c1[nH]c1cc(N)ccc21. The highest BCUT2D eigenvalue weighted by atomic mass is 16.5. The van der Waals surface area contributed by atoms with Crippen LogP contribution in [-0.2, 0) is 21.3 Å². The molecule has 4 saturated heterocycles. The van der Waals surface area contributed by atoms with Crippen molar-refractivity contribution in [3.63, 3.8) is 0 Å². The van der Waals surface area contributed by atoms with Crippen LogP contribution in [-0.4, -0.2) is 123 Å². The number of nitrogens with two attached hydrogens (primary N) is 1. The van der Waals surface area contributed by atoms with Gasteiger partial charge in [0, 0.05) is 91.3 Å². The summed E-state index contributed by atoms with van der Waals surface area (Å²) in [4.78, 5) is 28.3. The second-order valence-corrected chi connectivity index (χ2v) is 14.0. The van der Waals surface area contributed by atoms with Crippen molar-refractivity contribution in [3.8, 4) is 0 Å². The van der Waals surface area contributed by atoms with E-state index < -0.39 is 0 Å². The van der Waals surface area contributed by atoms with E-state index in [1.165, 1.54) is 11.3 Å². The highest BCUT2D eigenvalue weighted by molar-refractivity contribution is 6.20. The van der Waals surface area contributed by atoms with Gasteiger partial charge in [0.2, 0.25) is 0 Å². The summed E-state index contributed by atoms with van der Waals surface area (Å²) in [7, 11) is 0. The second-order valence-electron chi connectivity index (χ2n) is 14.0. The molecule has 5 heterocycles. The fraction of sp³-hybridized carbons (Fsp3) is 0.571. The third-order valence-corrected chi connectivity index (χ3v) is 11.1. The Labute approximate surface area is 260 Å². The van der Waals surface area contributed by atoms with E-state index in [0.29, 0.717) is 17.8 Å². The number of aryl methyl sites for hydroxylation is 1.